The van der Waals surface area contributed by atoms with E-state index in [-0.39, 0.29) is 16.7 Å². The van der Waals surface area contributed by atoms with E-state index in [1.807, 2.05) is 0 Å². The van der Waals surface area contributed by atoms with E-state index in [9.17, 15) is 20.1 Å². The minimum Gasteiger partial charge on any atom is -0.504 e. The molecule has 0 fully saturated rings. The third kappa shape index (κ3) is 2.90. The first-order chi connectivity index (χ1) is 12.5. The molecule has 0 spiro atoms. The second-order valence-electron chi connectivity index (χ2n) is 5.40. The highest BCUT2D eigenvalue weighted by molar-refractivity contribution is 5.87. The average Bonchev–Trinajstić information content (AvgIpc) is 2.66. The SMILES string of the molecule is COc1ccc(/C=C/c2oc3c(O)c(O)ccc3c(=O)c2O)cc1OC. The Morgan fingerprint density at radius 1 is 0.923 bits per heavy atom. The Morgan fingerprint density at radius 3 is 2.35 bits per heavy atom. The van der Waals surface area contributed by atoms with Gasteiger partial charge in [-0.1, -0.05) is 12.1 Å². The van der Waals surface area contributed by atoms with Crippen LogP contribution in [0.1, 0.15) is 11.3 Å². The van der Waals surface area contributed by atoms with Crippen molar-refractivity contribution in [1.29, 1.82) is 0 Å². The summed E-state index contributed by atoms with van der Waals surface area (Å²) in [5.74, 6) is -0.675. The fourth-order valence-corrected chi connectivity index (χ4v) is 2.48. The number of fused-ring (bicyclic) bond motifs is 1. The van der Waals surface area contributed by atoms with Crippen molar-refractivity contribution < 1.29 is 29.2 Å². The summed E-state index contributed by atoms with van der Waals surface area (Å²) < 4.78 is 15.8. The Balaban J connectivity index is 2.09. The van der Waals surface area contributed by atoms with Crippen molar-refractivity contribution in [3.05, 3.63) is 51.9 Å². The summed E-state index contributed by atoms with van der Waals surface area (Å²) in [5, 5.41) is 29.5. The summed E-state index contributed by atoms with van der Waals surface area (Å²) in [6.45, 7) is 0. The van der Waals surface area contributed by atoms with Gasteiger partial charge in [-0.05, 0) is 35.9 Å². The standard InChI is InChI=1S/C19H16O7/c1-24-13-7-3-10(9-15(13)25-2)4-8-14-18(23)16(21)11-5-6-12(20)17(22)19(11)26-14/h3-9,20,22-23H,1-2H3/b8-4+. The molecule has 7 nitrogen and oxygen atoms in total. The molecule has 3 rings (SSSR count). The first kappa shape index (κ1) is 17.2. The number of rotatable bonds is 4. The second kappa shape index (κ2) is 6.72. The van der Waals surface area contributed by atoms with Crippen molar-refractivity contribution in [2.45, 2.75) is 0 Å². The second-order valence-corrected chi connectivity index (χ2v) is 5.40. The van der Waals surface area contributed by atoms with Gasteiger partial charge in [0.1, 0.15) is 0 Å². The van der Waals surface area contributed by atoms with E-state index in [0.717, 1.165) is 6.07 Å². The maximum absolute atomic E-state index is 12.2. The number of ether oxygens (including phenoxy) is 2. The summed E-state index contributed by atoms with van der Waals surface area (Å²) in [6.07, 6.45) is 2.96. The zero-order valence-corrected chi connectivity index (χ0v) is 14.0. The molecule has 26 heavy (non-hydrogen) atoms. The van der Waals surface area contributed by atoms with E-state index in [4.69, 9.17) is 13.9 Å². The van der Waals surface area contributed by atoms with Gasteiger partial charge in [0.25, 0.3) is 0 Å². The molecule has 7 heteroatoms. The Morgan fingerprint density at radius 2 is 1.65 bits per heavy atom. The van der Waals surface area contributed by atoms with Gasteiger partial charge in [-0.3, -0.25) is 4.79 Å². The lowest BCUT2D eigenvalue weighted by Crippen LogP contribution is -2.02. The average molecular weight is 356 g/mol. The van der Waals surface area contributed by atoms with Crippen molar-refractivity contribution in [3.63, 3.8) is 0 Å². The summed E-state index contributed by atoms with van der Waals surface area (Å²) in [4.78, 5) is 12.2. The molecule has 0 saturated heterocycles. The van der Waals surface area contributed by atoms with Crippen LogP contribution in [-0.2, 0) is 0 Å². The molecule has 0 amide bonds. The molecule has 0 aliphatic carbocycles. The highest BCUT2D eigenvalue weighted by Crippen LogP contribution is 2.35. The van der Waals surface area contributed by atoms with Gasteiger partial charge in [0.15, 0.2) is 28.6 Å². The van der Waals surface area contributed by atoms with Gasteiger partial charge < -0.3 is 29.2 Å². The lowest BCUT2D eigenvalue weighted by molar-refractivity contribution is 0.355. The fourth-order valence-electron chi connectivity index (χ4n) is 2.48. The molecular formula is C19H16O7. The summed E-state index contributed by atoms with van der Waals surface area (Å²) in [5.41, 5.74) is -0.224. The van der Waals surface area contributed by atoms with Crippen LogP contribution in [0.2, 0.25) is 0 Å². The first-order valence-corrected chi connectivity index (χ1v) is 7.57. The predicted octanol–water partition coefficient (Wildman–Crippen LogP) is 3.10. The molecule has 2 aromatic carbocycles. The topological polar surface area (TPSA) is 109 Å². The molecule has 1 heterocycles. The predicted molar refractivity (Wildman–Crippen MR) is 96.0 cm³/mol. The third-order valence-electron chi connectivity index (χ3n) is 3.85. The van der Waals surface area contributed by atoms with E-state index >= 15 is 0 Å². The van der Waals surface area contributed by atoms with Gasteiger partial charge in [0.05, 0.1) is 19.6 Å². The van der Waals surface area contributed by atoms with Crippen LogP contribution in [0.3, 0.4) is 0 Å². The van der Waals surface area contributed by atoms with Gasteiger partial charge in [0.2, 0.25) is 16.9 Å². The van der Waals surface area contributed by atoms with E-state index in [0.29, 0.717) is 17.1 Å². The number of phenols is 2. The molecule has 0 radical (unpaired) electrons. The van der Waals surface area contributed by atoms with Crippen molar-refractivity contribution in [3.8, 4) is 28.7 Å². The third-order valence-corrected chi connectivity index (χ3v) is 3.85. The van der Waals surface area contributed by atoms with Gasteiger partial charge in [-0.15, -0.1) is 0 Å². The number of benzene rings is 2. The van der Waals surface area contributed by atoms with E-state index in [2.05, 4.69) is 0 Å². The van der Waals surface area contributed by atoms with E-state index in [1.165, 1.54) is 26.4 Å². The summed E-state index contributed by atoms with van der Waals surface area (Å²) in [7, 11) is 3.03. The molecule has 0 saturated carbocycles. The van der Waals surface area contributed by atoms with Crippen LogP contribution in [0.4, 0.5) is 0 Å². The van der Waals surface area contributed by atoms with Crippen molar-refractivity contribution in [2.24, 2.45) is 0 Å². The quantitative estimate of drug-likeness (QED) is 0.616. The molecule has 1 aromatic heterocycles. The van der Waals surface area contributed by atoms with Crippen molar-refractivity contribution in [2.75, 3.05) is 14.2 Å². The Kier molecular flexibility index (Phi) is 4.45. The summed E-state index contributed by atoms with van der Waals surface area (Å²) >= 11 is 0. The fraction of sp³-hybridized carbons (Fsp3) is 0.105. The van der Waals surface area contributed by atoms with Crippen LogP contribution in [-0.4, -0.2) is 29.5 Å². The Labute approximate surface area is 148 Å². The van der Waals surface area contributed by atoms with Crippen molar-refractivity contribution >= 4 is 23.1 Å². The van der Waals surface area contributed by atoms with Gasteiger partial charge >= 0.3 is 0 Å². The minimum absolute atomic E-state index is 0.0407. The molecule has 3 aromatic rings. The lowest BCUT2D eigenvalue weighted by Gasteiger charge is -2.08. The van der Waals surface area contributed by atoms with Crippen LogP contribution in [0, 0.1) is 0 Å². The number of hydrogen-bond acceptors (Lipinski definition) is 7. The maximum atomic E-state index is 12.2. The molecular weight excluding hydrogens is 340 g/mol. The van der Waals surface area contributed by atoms with Gasteiger partial charge in [-0.25, -0.2) is 0 Å². The summed E-state index contributed by atoms with van der Waals surface area (Å²) in [6, 6.07) is 7.57. The lowest BCUT2D eigenvalue weighted by atomic mass is 10.1. The van der Waals surface area contributed by atoms with E-state index < -0.39 is 22.7 Å². The van der Waals surface area contributed by atoms with Crippen LogP contribution in [0.5, 0.6) is 28.7 Å². The monoisotopic (exact) mass is 356 g/mol. The molecule has 3 N–H and O–H groups in total. The largest absolute Gasteiger partial charge is 0.504 e. The van der Waals surface area contributed by atoms with Crippen molar-refractivity contribution in [1.82, 2.24) is 0 Å². The number of phenolic OH excluding ortho intramolecular Hbond substituents is 2. The number of aromatic hydroxyl groups is 3. The molecule has 0 atom stereocenters. The van der Waals surface area contributed by atoms with Gasteiger partial charge in [-0.2, -0.15) is 0 Å². The maximum Gasteiger partial charge on any atom is 0.235 e. The van der Waals surface area contributed by atoms with Crippen LogP contribution in [0.25, 0.3) is 23.1 Å². The highest BCUT2D eigenvalue weighted by Gasteiger charge is 2.16. The highest BCUT2D eigenvalue weighted by atomic mass is 16.5. The number of methoxy groups -OCH3 is 2. The zero-order chi connectivity index (χ0) is 18.8. The van der Waals surface area contributed by atoms with Crippen LogP contribution < -0.4 is 14.9 Å². The molecule has 0 aliphatic rings. The molecule has 0 bridgehead atoms. The normalized spacial score (nSPS) is 11.2. The molecule has 0 aliphatic heterocycles. The van der Waals surface area contributed by atoms with E-state index in [1.54, 1.807) is 24.3 Å². The Bertz CT molecular complexity index is 1060. The zero-order valence-electron chi connectivity index (χ0n) is 14.0. The first-order valence-electron chi connectivity index (χ1n) is 7.57. The minimum atomic E-state index is -0.714. The molecule has 0 unspecified atom stereocenters. The Hall–Kier alpha value is -3.61. The van der Waals surface area contributed by atoms with Crippen LogP contribution >= 0.6 is 0 Å². The smallest absolute Gasteiger partial charge is 0.235 e. The van der Waals surface area contributed by atoms with Gasteiger partial charge in [0, 0.05) is 0 Å². The van der Waals surface area contributed by atoms with Crippen LogP contribution in [0.15, 0.2) is 39.5 Å². The molecule has 134 valence electrons. The number of hydrogen-bond donors (Lipinski definition) is 3.